The van der Waals surface area contributed by atoms with E-state index >= 15 is 0 Å². The van der Waals surface area contributed by atoms with Crippen LogP contribution >= 0.6 is 45.3 Å². The number of pyridine rings is 3. The van der Waals surface area contributed by atoms with Gasteiger partial charge in [0.05, 0.1) is 0 Å². The molecule has 584 valence electrons. The van der Waals surface area contributed by atoms with Crippen LogP contribution in [0.15, 0.2) is 339 Å². The first-order valence-corrected chi connectivity index (χ1v) is 43.2. The van der Waals surface area contributed by atoms with Gasteiger partial charge in [-0.05, 0) is 135 Å². The van der Waals surface area contributed by atoms with Crippen LogP contribution in [-0.2, 0) is 0 Å². The number of aryl methyl sites for hydroxylation is 4. The first kappa shape index (κ1) is 75.3. The maximum absolute atomic E-state index is 6.09. The molecule has 0 bridgehead atoms. The van der Waals surface area contributed by atoms with Gasteiger partial charge in [-0.2, -0.15) is 0 Å². The fourth-order valence-electron chi connectivity index (χ4n) is 15.8. The molecule has 20 heteroatoms. The van der Waals surface area contributed by atoms with Crippen molar-refractivity contribution < 1.29 is 4.42 Å². The molecule has 0 unspecified atom stereocenters. The Morgan fingerprint density at radius 1 is 0.203 bits per heavy atom. The van der Waals surface area contributed by atoms with Crippen LogP contribution in [0.1, 0.15) is 23.3 Å². The minimum Gasteiger partial charge on any atom is -0.456 e. The number of aromatic nitrogens is 15. The predicted octanol–water partition coefficient (Wildman–Crippen LogP) is 26.9. The fourth-order valence-corrected chi connectivity index (χ4v) is 20.4. The van der Waals surface area contributed by atoms with Crippen LogP contribution in [0, 0.1) is 27.7 Å². The van der Waals surface area contributed by atoms with Crippen LogP contribution in [0.3, 0.4) is 0 Å². The third kappa shape index (κ3) is 14.9. The molecule has 0 atom stereocenters. The minimum absolute atomic E-state index is 0.650. The van der Waals surface area contributed by atoms with Gasteiger partial charge >= 0.3 is 0 Å². The van der Waals surface area contributed by atoms with E-state index in [4.69, 9.17) is 39.3 Å². The average Bonchev–Trinajstić information content (AvgIpc) is 1.56. The summed E-state index contributed by atoms with van der Waals surface area (Å²) in [6, 6.07) is 102. The molecule has 0 aliphatic heterocycles. The lowest BCUT2D eigenvalue weighted by molar-refractivity contribution is 0.669. The van der Waals surface area contributed by atoms with Gasteiger partial charge in [-0.3, -0.25) is 15.0 Å². The minimum atomic E-state index is 0.650. The van der Waals surface area contributed by atoms with Crippen molar-refractivity contribution in [2.75, 3.05) is 0 Å². The number of fused-ring (bicyclic) bond motifs is 15. The van der Waals surface area contributed by atoms with Crippen LogP contribution in [0.5, 0.6) is 0 Å². The van der Waals surface area contributed by atoms with Gasteiger partial charge in [-0.25, -0.2) is 59.8 Å². The summed E-state index contributed by atoms with van der Waals surface area (Å²) < 4.78 is 16.1. The van der Waals surface area contributed by atoms with Crippen molar-refractivity contribution >= 4 is 148 Å². The predicted molar refractivity (Wildman–Crippen MR) is 505 cm³/mol. The lowest BCUT2D eigenvalue weighted by atomic mass is 10.0. The summed E-state index contributed by atoms with van der Waals surface area (Å²) in [6.07, 6.45) is 10.8. The normalized spacial score (nSPS) is 11.4. The van der Waals surface area contributed by atoms with Crippen LogP contribution in [0.2, 0.25) is 0 Å². The number of hydrogen-bond donors (Lipinski definition) is 0. The van der Waals surface area contributed by atoms with Gasteiger partial charge in [0.25, 0.3) is 0 Å². The molecule has 0 saturated carbocycles. The van der Waals surface area contributed by atoms with Gasteiger partial charge in [0.2, 0.25) is 0 Å². The summed E-state index contributed by atoms with van der Waals surface area (Å²) in [5.74, 6) is 8.28. The maximum Gasteiger partial charge on any atom is 0.165 e. The van der Waals surface area contributed by atoms with Crippen molar-refractivity contribution in [1.29, 1.82) is 0 Å². The Morgan fingerprint density at radius 2 is 0.537 bits per heavy atom. The Labute approximate surface area is 720 Å². The Kier molecular flexibility index (Phi) is 19.9. The highest BCUT2D eigenvalue weighted by Gasteiger charge is 2.22. The lowest BCUT2D eigenvalue weighted by Crippen LogP contribution is -2.00. The third-order valence-electron chi connectivity index (χ3n) is 21.4. The second-order valence-corrected chi connectivity index (χ2v) is 33.7. The summed E-state index contributed by atoms with van der Waals surface area (Å²) in [6.45, 7) is 7.66. The van der Waals surface area contributed by atoms with E-state index in [9.17, 15) is 0 Å². The second kappa shape index (κ2) is 32.5. The van der Waals surface area contributed by atoms with Crippen molar-refractivity contribution in [3.05, 3.63) is 358 Å². The molecule has 12 aromatic heterocycles. The molecule has 0 spiro atoms. The summed E-state index contributed by atoms with van der Waals surface area (Å²) in [4.78, 5) is 69.2. The number of nitrogens with zero attached hydrogens (tertiary/aromatic N) is 15. The van der Waals surface area contributed by atoms with E-state index in [-0.39, 0.29) is 0 Å². The molecule has 0 N–H and O–H groups in total. The van der Waals surface area contributed by atoms with Gasteiger partial charge in [-0.1, -0.05) is 212 Å². The molecular weight excluding hydrogens is 1590 g/mol. The first-order valence-electron chi connectivity index (χ1n) is 39.9. The number of furan rings is 1. The van der Waals surface area contributed by atoms with E-state index in [0.29, 0.717) is 69.9 Å². The topological polar surface area (TPSA) is 206 Å². The van der Waals surface area contributed by atoms with Crippen LogP contribution < -0.4 is 0 Å². The quantitative estimate of drug-likeness (QED) is 0.125. The van der Waals surface area contributed by atoms with Crippen molar-refractivity contribution in [1.82, 2.24) is 74.8 Å². The largest absolute Gasteiger partial charge is 0.456 e. The number of para-hydroxylation sites is 1. The maximum atomic E-state index is 6.09. The van der Waals surface area contributed by atoms with Gasteiger partial charge in [0, 0.05) is 173 Å². The molecule has 0 radical (unpaired) electrons. The Hall–Kier alpha value is -15.2. The highest BCUT2D eigenvalue weighted by molar-refractivity contribution is 7.27. The molecule has 0 aliphatic carbocycles. The number of thiophene rings is 4. The van der Waals surface area contributed by atoms with Crippen LogP contribution in [0.4, 0.5) is 0 Å². The van der Waals surface area contributed by atoms with Gasteiger partial charge in [0.15, 0.2) is 46.6 Å². The molecule has 0 amide bonds. The monoisotopic (exact) mass is 1660 g/mol. The SMILES string of the molecule is Cc1nc(-c2ccc(-c3cccnc3)cc2)nc(-c2ccc3c(c2)sc2ccccc23)n1.Cc1nc(-c2ccc(-c3cccnc3)cc2)nc(-c2cccc3c2sc2ccccc23)n1.Cc1nc(-c2cccc3oc4ccccc4c23)nc(-c2cccc3sc4ccccc4c23)n1.Cc1nc(-c2cccnc2)nc(-c2cccc3sc4ccccc4c23)n1. The number of benzene rings is 12. The van der Waals surface area contributed by atoms with Crippen LogP contribution in [-0.4, -0.2) is 74.8 Å². The third-order valence-corrected chi connectivity index (χ3v) is 26.0. The Balaban J connectivity index is 0.000000101. The Morgan fingerprint density at radius 3 is 1.06 bits per heavy atom. The lowest BCUT2D eigenvalue weighted by Gasteiger charge is -2.08. The number of rotatable bonds is 10. The molecule has 24 aromatic rings. The molecule has 0 fully saturated rings. The summed E-state index contributed by atoms with van der Waals surface area (Å²) in [5, 5.41) is 12.0. The molecular formula is C103H67N15OS4. The zero-order chi connectivity index (χ0) is 82.4. The van der Waals surface area contributed by atoms with E-state index in [1.54, 1.807) is 70.1 Å². The summed E-state index contributed by atoms with van der Waals surface area (Å²) >= 11 is 7.17. The van der Waals surface area contributed by atoms with Gasteiger partial charge in [0.1, 0.15) is 34.5 Å². The number of hydrogen-bond acceptors (Lipinski definition) is 20. The highest BCUT2D eigenvalue weighted by Crippen LogP contribution is 2.45. The molecule has 0 saturated heterocycles. The molecule has 24 rings (SSSR count). The van der Waals surface area contributed by atoms with Crippen molar-refractivity contribution in [3.8, 4) is 113 Å². The van der Waals surface area contributed by atoms with Crippen molar-refractivity contribution in [2.24, 2.45) is 0 Å². The standard InChI is InChI=1S/C28H17N3OS.2C27H18N4S.C21H14N4S/c1-16-29-27(19-10-6-13-22-25(19)17-8-2-4-12-21(17)32-22)31-28(30-16)20-11-7-15-24-26(20)18-9-3-5-14-23(18)33-24;1-17-29-26(19-13-11-18(12-14-19)20-6-5-15-28-16-20)31-27(30-17)23-9-4-8-22-21-7-2-3-10-24(21)32-25(22)23;1-17-29-26(19-10-8-18(9-11-19)21-5-4-14-28-16-21)31-27(30-17)20-12-13-23-22-6-2-3-7-24(22)32-25(23)15-20;1-13-23-20(14-6-5-11-22-12-14)25-21(24-13)16-8-4-10-18-19(16)15-7-2-3-9-17(15)26-18/h2-15H,1H3;2*2-16H,1H3;2-12H,1H3. The first-order chi connectivity index (χ1) is 60.6. The van der Waals surface area contributed by atoms with Crippen molar-refractivity contribution in [3.63, 3.8) is 0 Å². The average molecular weight is 1660 g/mol. The van der Waals surface area contributed by atoms with E-state index in [2.05, 4.69) is 283 Å². The second-order valence-electron chi connectivity index (χ2n) is 29.4. The van der Waals surface area contributed by atoms with E-state index in [1.807, 2.05) is 94.7 Å². The molecule has 12 aromatic carbocycles. The van der Waals surface area contributed by atoms with E-state index in [1.165, 1.54) is 80.7 Å². The molecule has 16 nitrogen and oxygen atoms in total. The van der Waals surface area contributed by atoms with E-state index < -0.39 is 0 Å². The van der Waals surface area contributed by atoms with Crippen LogP contribution in [0.25, 0.3) is 216 Å². The molecule has 123 heavy (non-hydrogen) atoms. The van der Waals surface area contributed by atoms with Crippen molar-refractivity contribution in [2.45, 2.75) is 27.7 Å². The Bertz CT molecular complexity index is 8010. The summed E-state index contributed by atoms with van der Waals surface area (Å²) in [5.41, 5.74) is 14.0. The van der Waals surface area contributed by atoms with Gasteiger partial charge in [-0.15, -0.1) is 45.3 Å². The molecule has 0 aliphatic rings. The van der Waals surface area contributed by atoms with Gasteiger partial charge < -0.3 is 4.42 Å². The summed E-state index contributed by atoms with van der Waals surface area (Å²) in [7, 11) is 0. The smallest absolute Gasteiger partial charge is 0.165 e. The molecule has 12 heterocycles. The zero-order valence-electron chi connectivity index (χ0n) is 66.5. The highest BCUT2D eigenvalue weighted by atomic mass is 32.1. The fraction of sp³-hybridized carbons (Fsp3) is 0.0388. The van der Waals surface area contributed by atoms with E-state index in [0.717, 1.165) is 88.7 Å². The zero-order valence-corrected chi connectivity index (χ0v) is 69.8.